The molecule has 19 heavy (non-hydrogen) atoms. The van der Waals surface area contributed by atoms with E-state index in [9.17, 15) is 4.79 Å². The number of likely N-dealkylation sites (tertiary alicyclic amines) is 1. The molecule has 1 amide bonds. The summed E-state index contributed by atoms with van der Waals surface area (Å²) >= 11 is 1.75. The number of hydrogen-bond acceptors (Lipinski definition) is 4. The normalized spacial score (nSPS) is 23.3. The molecule has 0 spiro atoms. The summed E-state index contributed by atoms with van der Waals surface area (Å²) in [6.45, 7) is 12.2. The Labute approximate surface area is 122 Å². The zero-order valence-electron chi connectivity index (χ0n) is 12.7. The van der Waals surface area contributed by atoms with Crippen LogP contribution in [0.4, 0.5) is 0 Å². The number of thioether (sulfide) groups is 1. The Hall–Kier alpha value is -0.260. The highest BCUT2D eigenvalue weighted by Gasteiger charge is 2.34. The summed E-state index contributed by atoms with van der Waals surface area (Å²) < 4.78 is 0. The van der Waals surface area contributed by atoms with Crippen molar-refractivity contribution in [3.05, 3.63) is 0 Å². The minimum absolute atomic E-state index is 0.140. The van der Waals surface area contributed by atoms with Crippen LogP contribution < -0.4 is 5.73 Å². The third kappa shape index (κ3) is 5.32. The van der Waals surface area contributed by atoms with Gasteiger partial charge in [0.1, 0.15) is 0 Å². The van der Waals surface area contributed by atoms with Crippen molar-refractivity contribution in [2.45, 2.75) is 27.2 Å². The van der Waals surface area contributed by atoms with E-state index in [2.05, 4.69) is 25.7 Å². The SMILES string of the molecule is CCN(CC)CCSCC(=O)N1CCC(C)(CN)C1. The summed E-state index contributed by atoms with van der Waals surface area (Å²) in [6, 6.07) is 0. The van der Waals surface area contributed by atoms with Crippen molar-refractivity contribution in [1.82, 2.24) is 9.80 Å². The molecule has 1 aliphatic heterocycles. The van der Waals surface area contributed by atoms with Crippen molar-refractivity contribution in [2.75, 3.05) is 50.8 Å². The standard InChI is InChI=1S/C14H29N3OS/c1-4-16(5-2)8-9-19-10-13(18)17-7-6-14(3,11-15)12-17/h4-12,15H2,1-3H3. The zero-order valence-corrected chi connectivity index (χ0v) is 13.5. The van der Waals surface area contributed by atoms with Crippen LogP contribution in [0.5, 0.6) is 0 Å². The van der Waals surface area contributed by atoms with Crippen LogP contribution in [0.1, 0.15) is 27.2 Å². The lowest BCUT2D eigenvalue weighted by Gasteiger charge is -2.22. The van der Waals surface area contributed by atoms with Crippen LogP contribution in [0.3, 0.4) is 0 Å². The highest BCUT2D eigenvalue weighted by atomic mass is 32.2. The van der Waals surface area contributed by atoms with Crippen molar-refractivity contribution < 1.29 is 4.79 Å². The first-order valence-corrected chi connectivity index (χ1v) is 8.48. The van der Waals surface area contributed by atoms with Gasteiger partial charge in [-0.05, 0) is 31.5 Å². The van der Waals surface area contributed by atoms with Crippen molar-refractivity contribution >= 4 is 17.7 Å². The largest absolute Gasteiger partial charge is 0.341 e. The molecule has 4 nitrogen and oxygen atoms in total. The number of rotatable bonds is 8. The van der Waals surface area contributed by atoms with Crippen LogP contribution in [0.15, 0.2) is 0 Å². The fraction of sp³-hybridized carbons (Fsp3) is 0.929. The maximum atomic E-state index is 12.1. The van der Waals surface area contributed by atoms with Crippen LogP contribution in [-0.4, -0.2) is 66.5 Å². The molecule has 1 heterocycles. The van der Waals surface area contributed by atoms with Gasteiger partial charge < -0.3 is 15.5 Å². The maximum absolute atomic E-state index is 12.1. The Kier molecular flexibility index (Phi) is 7.18. The molecule has 0 aromatic carbocycles. The van der Waals surface area contributed by atoms with Gasteiger partial charge in [-0.3, -0.25) is 4.79 Å². The lowest BCUT2D eigenvalue weighted by Crippen LogP contribution is -2.35. The highest BCUT2D eigenvalue weighted by Crippen LogP contribution is 2.28. The van der Waals surface area contributed by atoms with Crippen molar-refractivity contribution in [3.8, 4) is 0 Å². The number of hydrogen-bond donors (Lipinski definition) is 1. The van der Waals surface area contributed by atoms with Crippen LogP contribution in [-0.2, 0) is 4.79 Å². The molecule has 1 rings (SSSR count). The van der Waals surface area contributed by atoms with E-state index in [1.807, 2.05) is 4.90 Å². The van der Waals surface area contributed by atoms with Crippen LogP contribution in [0.25, 0.3) is 0 Å². The van der Waals surface area contributed by atoms with Gasteiger partial charge in [0.2, 0.25) is 5.91 Å². The first kappa shape index (κ1) is 16.8. The molecule has 2 N–H and O–H groups in total. The van der Waals surface area contributed by atoms with E-state index in [4.69, 9.17) is 5.73 Å². The second kappa shape index (κ2) is 8.12. The van der Waals surface area contributed by atoms with Gasteiger partial charge in [-0.1, -0.05) is 20.8 Å². The summed E-state index contributed by atoms with van der Waals surface area (Å²) in [5.41, 5.74) is 5.91. The fourth-order valence-corrected chi connectivity index (χ4v) is 3.28. The number of nitrogens with two attached hydrogens (primary N) is 1. The van der Waals surface area contributed by atoms with E-state index >= 15 is 0 Å². The van der Waals surface area contributed by atoms with E-state index in [0.717, 1.165) is 44.9 Å². The third-order valence-electron chi connectivity index (χ3n) is 4.08. The molecule has 1 saturated heterocycles. The Morgan fingerprint density at radius 3 is 2.63 bits per heavy atom. The number of amides is 1. The fourth-order valence-electron chi connectivity index (χ4n) is 2.39. The molecule has 1 aliphatic rings. The van der Waals surface area contributed by atoms with Gasteiger partial charge in [0.25, 0.3) is 0 Å². The summed E-state index contributed by atoms with van der Waals surface area (Å²) in [6.07, 6.45) is 1.04. The number of carbonyl (C=O) groups excluding carboxylic acids is 1. The van der Waals surface area contributed by atoms with Crippen molar-refractivity contribution in [3.63, 3.8) is 0 Å². The summed E-state index contributed by atoms with van der Waals surface area (Å²) in [7, 11) is 0. The minimum Gasteiger partial charge on any atom is -0.341 e. The average molecular weight is 287 g/mol. The molecule has 112 valence electrons. The quantitative estimate of drug-likeness (QED) is 0.683. The van der Waals surface area contributed by atoms with Gasteiger partial charge in [-0.15, -0.1) is 0 Å². The molecule has 0 saturated carbocycles. The lowest BCUT2D eigenvalue weighted by atomic mass is 9.90. The topological polar surface area (TPSA) is 49.6 Å². The number of nitrogens with zero attached hydrogens (tertiary/aromatic N) is 2. The molecule has 0 aromatic rings. The molecule has 0 aromatic heterocycles. The van der Waals surface area contributed by atoms with Gasteiger partial charge >= 0.3 is 0 Å². The van der Waals surface area contributed by atoms with Gasteiger partial charge in [0.05, 0.1) is 5.75 Å². The van der Waals surface area contributed by atoms with E-state index in [1.165, 1.54) is 0 Å². The molecule has 5 heteroatoms. The molecular formula is C14H29N3OS. The Morgan fingerprint density at radius 2 is 2.11 bits per heavy atom. The van der Waals surface area contributed by atoms with Gasteiger partial charge in [0, 0.05) is 25.4 Å². The molecule has 1 atom stereocenters. The molecule has 0 aliphatic carbocycles. The zero-order chi connectivity index (χ0) is 14.3. The minimum atomic E-state index is 0.140. The first-order chi connectivity index (χ1) is 9.04. The van der Waals surface area contributed by atoms with Crippen LogP contribution in [0, 0.1) is 5.41 Å². The average Bonchev–Trinajstić information content (AvgIpc) is 2.82. The second-order valence-corrected chi connectivity index (χ2v) is 6.76. The van der Waals surface area contributed by atoms with E-state index in [1.54, 1.807) is 11.8 Å². The predicted molar refractivity (Wildman–Crippen MR) is 83.5 cm³/mol. The van der Waals surface area contributed by atoms with Gasteiger partial charge in [-0.2, -0.15) is 11.8 Å². The van der Waals surface area contributed by atoms with Crippen molar-refractivity contribution in [2.24, 2.45) is 11.1 Å². The third-order valence-corrected chi connectivity index (χ3v) is 5.00. The van der Waals surface area contributed by atoms with Crippen molar-refractivity contribution in [1.29, 1.82) is 0 Å². The van der Waals surface area contributed by atoms with Gasteiger partial charge in [0.15, 0.2) is 0 Å². The van der Waals surface area contributed by atoms with Gasteiger partial charge in [-0.25, -0.2) is 0 Å². The monoisotopic (exact) mass is 287 g/mol. The molecule has 0 radical (unpaired) electrons. The Bertz CT molecular complexity index is 284. The summed E-state index contributed by atoms with van der Waals surface area (Å²) in [5.74, 6) is 1.93. The number of carbonyl (C=O) groups is 1. The highest BCUT2D eigenvalue weighted by molar-refractivity contribution is 7.99. The molecular weight excluding hydrogens is 258 g/mol. The van der Waals surface area contributed by atoms with E-state index in [0.29, 0.717) is 12.3 Å². The first-order valence-electron chi connectivity index (χ1n) is 7.32. The molecule has 1 unspecified atom stereocenters. The Morgan fingerprint density at radius 1 is 1.42 bits per heavy atom. The van der Waals surface area contributed by atoms with Crippen LogP contribution >= 0.6 is 11.8 Å². The Balaban J connectivity index is 2.19. The summed E-state index contributed by atoms with van der Waals surface area (Å²) in [4.78, 5) is 16.5. The maximum Gasteiger partial charge on any atom is 0.232 e. The lowest BCUT2D eigenvalue weighted by molar-refractivity contribution is -0.127. The molecule has 1 fully saturated rings. The van der Waals surface area contributed by atoms with E-state index in [-0.39, 0.29) is 11.3 Å². The summed E-state index contributed by atoms with van der Waals surface area (Å²) in [5, 5.41) is 0. The van der Waals surface area contributed by atoms with E-state index < -0.39 is 0 Å². The second-order valence-electron chi connectivity index (χ2n) is 5.66. The molecule has 0 bridgehead atoms. The predicted octanol–water partition coefficient (Wildman–Crippen LogP) is 1.26. The van der Waals surface area contributed by atoms with Crippen LogP contribution in [0.2, 0.25) is 0 Å². The smallest absolute Gasteiger partial charge is 0.232 e.